The highest BCUT2D eigenvalue weighted by Crippen LogP contribution is 2.39. The van der Waals surface area contributed by atoms with E-state index in [1.165, 1.54) is 10.6 Å². The van der Waals surface area contributed by atoms with Gasteiger partial charge in [0.1, 0.15) is 24.2 Å². The van der Waals surface area contributed by atoms with Gasteiger partial charge in [-0.3, -0.25) is 4.68 Å². The van der Waals surface area contributed by atoms with Gasteiger partial charge in [0, 0.05) is 51.1 Å². The van der Waals surface area contributed by atoms with Gasteiger partial charge in [-0.05, 0) is 26.0 Å². The molecule has 4 heterocycles. The summed E-state index contributed by atoms with van der Waals surface area (Å²) in [5.74, 6) is -0.384. The van der Waals surface area contributed by atoms with Gasteiger partial charge >= 0.3 is 0 Å². The van der Waals surface area contributed by atoms with Crippen LogP contribution in [0.3, 0.4) is 0 Å². The SMILES string of the molecule is CCS(=O)(=O)N1CC(C(C)C#N)(n2cc(-c3ncnc4c3ccn4COCC[Si](C)(C)C)cn2)C1. The van der Waals surface area contributed by atoms with Crippen LogP contribution in [0.4, 0.5) is 0 Å². The molecule has 0 aromatic carbocycles. The molecular weight excluding hydrogens is 482 g/mol. The number of nitriles is 1. The molecule has 1 aliphatic heterocycles. The van der Waals surface area contributed by atoms with Crippen LogP contribution >= 0.6 is 0 Å². The predicted molar refractivity (Wildman–Crippen MR) is 137 cm³/mol. The third kappa shape index (κ3) is 4.91. The Morgan fingerprint density at radius 1 is 1.29 bits per heavy atom. The number of nitrogens with zero attached hydrogens (tertiary/aromatic N) is 7. The van der Waals surface area contributed by atoms with Crippen LogP contribution in [0.25, 0.3) is 22.3 Å². The molecule has 1 unspecified atom stereocenters. The third-order valence-corrected chi connectivity index (χ3v) is 10.2. The maximum Gasteiger partial charge on any atom is 0.213 e. The van der Waals surface area contributed by atoms with Crippen molar-refractivity contribution in [3.63, 3.8) is 0 Å². The number of ether oxygens (including phenoxy) is 1. The zero-order chi connectivity index (χ0) is 25.4. The first kappa shape index (κ1) is 25.5. The van der Waals surface area contributed by atoms with E-state index in [0.717, 1.165) is 34.9 Å². The van der Waals surface area contributed by atoms with Gasteiger partial charge in [-0.2, -0.15) is 14.7 Å². The first-order chi connectivity index (χ1) is 16.5. The summed E-state index contributed by atoms with van der Waals surface area (Å²) in [5, 5.41) is 15.1. The van der Waals surface area contributed by atoms with Crippen LogP contribution < -0.4 is 0 Å². The molecule has 188 valence electrons. The number of rotatable bonds is 10. The molecule has 0 N–H and O–H groups in total. The van der Waals surface area contributed by atoms with Gasteiger partial charge in [0.2, 0.25) is 10.0 Å². The Labute approximate surface area is 207 Å². The molecule has 1 fully saturated rings. The molecule has 1 aliphatic rings. The lowest BCUT2D eigenvalue weighted by Gasteiger charge is -2.50. The van der Waals surface area contributed by atoms with Crippen LogP contribution in [0, 0.1) is 17.2 Å². The molecule has 12 heteroatoms. The summed E-state index contributed by atoms with van der Waals surface area (Å²) < 4.78 is 35.7. The standard InChI is InChI=1S/C23H33N7O3SSi/c1-6-34(31,32)29-14-23(15-29,18(2)11-24)30-13-19(12-27-30)21-20-7-8-28(22(20)26-16-25-21)17-33-9-10-35(3,4)5/h7-8,12-13,16,18H,6,9-10,14-15,17H2,1-5H3. The maximum absolute atomic E-state index is 12.3. The van der Waals surface area contributed by atoms with Gasteiger partial charge in [0.15, 0.2) is 0 Å². The maximum atomic E-state index is 12.3. The van der Waals surface area contributed by atoms with Crippen molar-refractivity contribution < 1.29 is 13.2 Å². The minimum Gasteiger partial charge on any atom is -0.361 e. The van der Waals surface area contributed by atoms with E-state index in [-0.39, 0.29) is 18.8 Å². The number of aromatic nitrogens is 5. The second-order valence-electron chi connectivity index (χ2n) is 10.4. The molecule has 3 aromatic heterocycles. The molecule has 35 heavy (non-hydrogen) atoms. The topological polar surface area (TPSA) is 119 Å². The normalized spacial score (nSPS) is 17.3. The molecule has 1 saturated heterocycles. The molecule has 4 rings (SSSR count). The van der Waals surface area contributed by atoms with E-state index in [1.54, 1.807) is 17.8 Å². The third-order valence-electron chi connectivity index (χ3n) is 6.75. The van der Waals surface area contributed by atoms with Crippen LogP contribution in [0.1, 0.15) is 13.8 Å². The fourth-order valence-electron chi connectivity index (χ4n) is 4.25. The van der Waals surface area contributed by atoms with Crippen molar-refractivity contribution in [3.8, 4) is 17.3 Å². The Bertz CT molecular complexity index is 1350. The average Bonchev–Trinajstić information content (AvgIpc) is 3.43. The summed E-state index contributed by atoms with van der Waals surface area (Å²) in [6, 6.07) is 5.36. The van der Waals surface area contributed by atoms with E-state index in [4.69, 9.17) is 4.74 Å². The summed E-state index contributed by atoms with van der Waals surface area (Å²) in [6.45, 7) is 12.0. The monoisotopic (exact) mass is 515 g/mol. The molecule has 10 nitrogen and oxygen atoms in total. The molecule has 3 aromatic rings. The molecule has 0 radical (unpaired) electrons. The zero-order valence-electron chi connectivity index (χ0n) is 21.0. The van der Waals surface area contributed by atoms with E-state index >= 15 is 0 Å². The van der Waals surface area contributed by atoms with Gasteiger partial charge in [-0.1, -0.05) is 19.6 Å². The minimum absolute atomic E-state index is 0.0339. The Hall–Kier alpha value is -2.59. The Morgan fingerprint density at radius 2 is 2.03 bits per heavy atom. The Balaban J connectivity index is 1.58. The highest BCUT2D eigenvalue weighted by Gasteiger charge is 2.53. The predicted octanol–water partition coefficient (Wildman–Crippen LogP) is 3.13. The highest BCUT2D eigenvalue weighted by atomic mass is 32.2. The first-order valence-electron chi connectivity index (χ1n) is 11.8. The highest BCUT2D eigenvalue weighted by molar-refractivity contribution is 7.89. The van der Waals surface area contributed by atoms with Crippen LogP contribution in [0.5, 0.6) is 0 Å². The molecule has 0 amide bonds. The summed E-state index contributed by atoms with van der Waals surface area (Å²) in [7, 11) is -4.47. The van der Waals surface area contributed by atoms with E-state index < -0.39 is 29.6 Å². The summed E-state index contributed by atoms with van der Waals surface area (Å²) in [6.07, 6.45) is 7.04. The van der Waals surface area contributed by atoms with E-state index in [1.807, 2.05) is 30.0 Å². The summed E-state index contributed by atoms with van der Waals surface area (Å²) >= 11 is 0. The summed E-state index contributed by atoms with van der Waals surface area (Å²) in [5.41, 5.74) is 1.59. The fraction of sp³-hybridized carbons (Fsp3) is 0.565. The largest absolute Gasteiger partial charge is 0.361 e. The Morgan fingerprint density at radius 3 is 2.69 bits per heavy atom. The second-order valence-corrected chi connectivity index (χ2v) is 18.3. The van der Waals surface area contributed by atoms with Crippen molar-refractivity contribution in [2.24, 2.45) is 5.92 Å². The van der Waals surface area contributed by atoms with Gasteiger partial charge in [-0.15, -0.1) is 0 Å². The smallest absolute Gasteiger partial charge is 0.213 e. The van der Waals surface area contributed by atoms with Crippen molar-refractivity contribution in [1.82, 2.24) is 28.6 Å². The van der Waals surface area contributed by atoms with E-state index in [0.29, 0.717) is 6.73 Å². The van der Waals surface area contributed by atoms with E-state index in [9.17, 15) is 13.7 Å². The quantitative estimate of drug-likeness (QED) is 0.301. The molecule has 0 spiro atoms. The van der Waals surface area contributed by atoms with Crippen molar-refractivity contribution in [1.29, 1.82) is 5.26 Å². The molecule has 0 aliphatic carbocycles. The molecule has 0 bridgehead atoms. The zero-order valence-corrected chi connectivity index (χ0v) is 22.8. The van der Waals surface area contributed by atoms with Crippen molar-refractivity contribution >= 4 is 29.1 Å². The van der Waals surface area contributed by atoms with Gasteiger partial charge < -0.3 is 9.30 Å². The van der Waals surface area contributed by atoms with Crippen LogP contribution in [-0.2, 0) is 27.0 Å². The fourth-order valence-corrected chi connectivity index (χ4v) is 6.21. The lowest BCUT2D eigenvalue weighted by molar-refractivity contribution is 0.0357. The summed E-state index contributed by atoms with van der Waals surface area (Å²) in [4.78, 5) is 8.97. The van der Waals surface area contributed by atoms with Crippen molar-refractivity contribution in [3.05, 3.63) is 31.0 Å². The number of hydrogen-bond donors (Lipinski definition) is 0. The van der Waals surface area contributed by atoms with Crippen molar-refractivity contribution in [2.45, 2.75) is 51.8 Å². The second kappa shape index (κ2) is 9.46. The molecule has 0 saturated carbocycles. The van der Waals surface area contributed by atoms with Crippen molar-refractivity contribution in [2.75, 3.05) is 25.4 Å². The minimum atomic E-state index is -3.32. The van der Waals surface area contributed by atoms with Crippen LogP contribution in [0.2, 0.25) is 25.7 Å². The average molecular weight is 516 g/mol. The van der Waals surface area contributed by atoms with Crippen LogP contribution in [0.15, 0.2) is 31.0 Å². The lowest BCUT2D eigenvalue weighted by Crippen LogP contribution is -2.67. The van der Waals surface area contributed by atoms with Crippen LogP contribution in [-0.4, -0.2) is 70.6 Å². The first-order valence-corrected chi connectivity index (χ1v) is 17.1. The van der Waals surface area contributed by atoms with Gasteiger partial charge in [0.25, 0.3) is 0 Å². The number of hydrogen-bond acceptors (Lipinski definition) is 7. The number of fused-ring (bicyclic) bond motifs is 1. The lowest BCUT2D eigenvalue weighted by atomic mass is 9.80. The van der Waals surface area contributed by atoms with Gasteiger partial charge in [0.05, 0.1) is 29.6 Å². The molecular formula is C23H33N7O3SSi. The Kier molecular flexibility index (Phi) is 6.89. The number of sulfonamides is 1. The van der Waals surface area contributed by atoms with E-state index in [2.05, 4.69) is 40.8 Å². The molecule has 1 atom stereocenters. The van der Waals surface area contributed by atoms with Gasteiger partial charge in [-0.25, -0.2) is 18.4 Å².